The number of benzene rings is 1. The third kappa shape index (κ3) is 2.01. The third-order valence-electron chi connectivity index (χ3n) is 2.44. The van der Waals surface area contributed by atoms with Gasteiger partial charge in [0, 0.05) is 11.8 Å². The molecule has 0 fully saturated rings. The van der Waals surface area contributed by atoms with Crippen molar-refractivity contribution in [3.63, 3.8) is 0 Å². The number of hydrogen-bond acceptors (Lipinski definition) is 4. The van der Waals surface area contributed by atoms with Crippen LogP contribution in [0.4, 0.5) is 0 Å². The van der Waals surface area contributed by atoms with Crippen LogP contribution in [0.3, 0.4) is 0 Å². The number of hydrogen-bond donors (Lipinski definition) is 1. The Hall–Kier alpha value is -2.23. The molecule has 17 heavy (non-hydrogen) atoms. The van der Waals surface area contributed by atoms with Crippen LogP contribution in [-0.4, -0.2) is 24.3 Å². The average molecular weight is 231 g/mol. The van der Waals surface area contributed by atoms with Gasteiger partial charge in [-0.2, -0.15) is 0 Å². The molecular weight excluding hydrogens is 218 g/mol. The van der Waals surface area contributed by atoms with E-state index in [9.17, 15) is 5.11 Å². The summed E-state index contributed by atoms with van der Waals surface area (Å²) < 4.78 is 10.5. The van der Waals surface area contributed by atoms with E-state index in [4.69, 9.17) is 9.47 Å². The van der Waals surface area contributed by atoms with Gasteiger partial charge in [-0.25, -0.2) is 0 Å². The Morgan fingerprint density at radius 1 is 1.06 bits per heavy atom. The molecule has 0 amide bonds. The van der Waals surface area contributed by atoms with E-state index in [-0.39, 0.29) is 5.75 Å². The number of methoxy groups -OCH3 is 2. The van der Waals surface area contributed by atoms with Gasteiger partial charge < -0.3 is 14.6 Å². The molecule has 2 aromatic rings. The predicted molar refractivity (Wildman–Crippen MR) is 64.4 cm³/mol. The van der Waals surface area contributed by atoms with E-state index >= 15 is 0 Å². The molecule has 1 heterocycles. The Balaban J connectivity index is 2.63. The van der Waals surface area contributed by atoms with Gasteiger partial charge in [0.05, 0.1) is 14.2 Å². The molecule has 1 aromatic carbocycles. The van der Waals surface area contributed by atoms with Crippen LogP contribution in [0.15, 0.2) is 36.5 Å². The van der Waals surface area contributed by atoms with Gasteiger partial charge in [0.2, 0.25) is 0 Å². The molecule has 0 radical (unpaired) electrons. The first-order valence-corrected chi connectivity index (χ1v) is 5.13. The molecule has 0 atom stereocenters. The van der Waals surface area contributed by atoms with Crippen molar-refractivity contribution >= 4 is 0 Å². The molecule has 0 spiro atoms. The molecule has 88 valence electrons. The Bertz CT molecular complexity index is 526. The average Bonchev–Trinajstić information content (AvgIpc) is 2.38. The second-order valence-corrected chi connectivity index (χ2v) is 3.41. The van der Waals surface area contributed by atoms with Crippen LogP contribution in [0.1, 0.15) is 0 Å². The highest BCUT2D eigenvalue weighted by molar-refractivity contribution is 5.74. The second kappa shape index (κ2) is 4.74. The van der Waals surface area contributed by atoms with Gasteiger partial charge in [-0.15, -0.1) is 0 Å². The Morgan fingerprint density at radius 2 is 1.88 bits per heavy atom. The lowest BCUT2D eigenvalue weighted by Gasteiger charge is -2.12. The summed E-state index contributed by atoms with van der Waals surface area (Å²) in [5.41, 5.74) is 1.17. The van der Waals surface area contributed by atoms with Crippen LogP contribution in [0.2, 0.25) is 0 Å². The van der Waals surface area contributed by atoms with Crippen LogP contribution in [-0.2, 0) is 0 Å². The summed E-state index contributed by atoms with van der Waals surface area (Å²) in [5, 5.41) is 9.79. The van der Waals surface area contributed by atoms with E-state index in [1.165, 1.54) is 0 Å². The zero-order chi connectivity index (χ0) is 12.3. The van der Waals surface area contributed by atoms with E-state index in [0.717, 1.165) is 0 Å². The third-order valence-corrected chi connectivity index (χ3v) is 2.44. The van der Waals surface area contributed by atoms with Crippen molar-refractivity contribution in [2.45, 2.75) is 0 Å². The molecular formula is C13H13NO3. The number of aromatic nitrogens is 1. The van der Waals surface area contributed by atoms with Crippen LogP contribution in [0, 0.1) is 0 Å². The van der Waals surface area contributed by atoms with Crippen LogP contribution in [0.5, 0.6) is 17.2 Å². The molecule has 0 saturated carbocycles. The summed E-state index contributed by atoms with van der Waals surface area (Å²) in [7, 11) is 3.13. The predicted octanol–water partition coefficient (Wildman–Crippen LogP) is 2.47. The van der Waals surface area contributed by atoms with Crippen molar-refractivity contribution in [3.05, 3.63) is 36.5 Å². The maximum Gasteiger partial charge on any atom is 0.170 e. The molecule has 0 bridgehead atoms. The first-order chi connectivity index (χ1) is 8.27. The molecule has 0 aliphatic carbocycles. The van der Waals surface area contributed by atoms with Crippen LogP contribution >= 0.6 is 0 Å². The molecule has 0 saturated heterocycles. The molecule has 1 aromatic heterocycles. The summed E-state index contributed by atoms with van der Waals surface area (Å²) in [6.07, 6.45) is 1.62. The van der Waals surface area contributed by atoms with E-state index in [1.54, 1.807) is 38.6 Å². The zero-order valence-electron chi connectivity index (χ0n) is 9.68. The van der Waals surface area contributed by atoms with Crippen molar-refractivity contribution in [1.82, 2.24) is 4.98 Å². The van der Waals surface area contributed by atoms with Gasteiger partial charge in [-0.05, 0) is 24.3 Å². The standard InChI is InChI=1S/C13H13NO3/c1-16-11-7-3-5-9(13(11)17-2)12-10(15)6-4-8-14-12/h3-8,15H,1-2H3. The van der Waals surface area contributed by atoms with Crippen LogP contribution in [0.25, 0.3) is 11.3 Å². The number of pyridine rings is 1. The van der Waals surface area contributed by atoms with Crippen molar-refractivity contribution in [2.75, 3.05) is 14.2 Å². The van der Waals surface area contributed by atoms with Crippen molar-refractivity contribution in [3.8, 4) is 28.5 Å². The fourth-order valence-electron chi connectivity index (χ4n) is 1.68. The number of rotatable bonds is 3. The number of para-hydroxylation sites is 1. The van der Waals surface area contributed by atoms with Crippen molar-refractivity contribution in [2.24, 2.45) is 0 Å². The monoisotopic (exact) mass is 231 g/mol. The summed E-state index contributed by atoms with van der Waals surface area (Å²) in [6, 6.07) is 8.70. The van der Waals surface area contributed by atoms with Crippen molar-refractivity contribution in [1.29, 1.82) is 0 Å². The first-order valence-electron chi connectivity index (χ1n) is 5.13. The fourth-order valence-corrected chi connectivity index (χ4v) is 1.68. The van der Waals surface area contributed by atoms with Crippen molar-refractivity contribution < 1.29 is 14.6 Å². The highest BCUT2D eigenvalue weighted by atomic mass is 16.5. The normalized spacial score (nSPS) is 10.0. The van der Waals surface area contributed by atoms with Gasteiger partial charge in [0.25, 0.3) is 0 Å². The topological polar surface area (TPSA) is 51.6 Å². The summed E-state index contributed by atoms with van der Waals surface area (Å²) in [4.78, 5) is 4.15. The molecule has 4 heteroatoms. The van der Waals surface area contributed by atoms with E-state index in [2.05, 4.69) is 4.98 Å². The van der Waals surface area contributed by atoms with E-state index in [0.29, 0.717) is 22.8 Å². The highest BCUT2D eigenvalue weighted by Crippen LogP contribution is 2.39. The molecule has 1 N–H and O–H groups in total. The smallest absolute Gasteiger partial charge is 0.170 e. The largest absolute Gasteiger partial charge is 0.506 e. The minimum atomic E-state index is 0.110. The zero-order valence-corrected chi connectivity index (χ0v) is 9.68. The lowest BCUT2D eigenvalue weighted by molar-refractivity contribution is 0.356. The van der Waals surface area contributed by atoms with E-state index < -0.39 is 0 Å². The quantitative estimate of drug-likeness (QED) is 0.881. The molecule has 0 aliphatic heterocycles. The highest BCUT2D eigenvalue weighted by Gasteiger charge is 2.14. The number of ether oxygens (including phenoxy) is 2. The lowest BCUT2D eigenvalue weighted by Crippen LogP contribution is -1.94. The second-order valence-electron chi connectivity index (χ2n) is 3.41. The number of nitrogens with zero attached hydrogens (tertiary/aromatic N) is 1. The summed E-state index contributed by atoms with van der Waals surface area (Å²) >= 11 is 0. The Kier molecular flexibility index (Phi) is 3.14. The van der Waals surface area contributed by atoms with Gasteiger partial charge in [-0.1, -0.05) is 6.07 Å². The SMILES string of the molecule is COc1cccc(-c2ncccc2O)c1OC. The minimum Gasteiger partial charge on any atom is -0.506 e. The molecule has 0 unspecified atom stereocenters. The molecule has 2 rings (SSSR count). The van der Waals surface area contributed by atoms with Gasteiger partial charge in [0.15, 0.2) is 11.5 Å². The number of aromatic hydroxyl groups is 1. The summed E-state index contributed by atoms with van der Waals surface area (Å²) in [6.45, 7) is 0. The fraction of sp³-hybridized carbons (Fsp3) is 0.154. The Labute approximate surface area is 99.5 Å². The maximum absolute atomic E-state index is 9.79. The molecule has 0 aliphatic rings. The minimum absolute atomic E-state index is 0.110. The first kappa shape index (κ1) is 11.3. The lowest BCUT2D eigenvalue weighted by atomic mass is 10.1. The Morgan fingerprint density at radius 3 is 2.53 bits per heavy atom. The molecule has 4 nitrogen and oxygen atoms in total. The maximum atomic E-state index is 9.79. The summed E-state index contributed by atoms with van der Waals surface area (Å²) in [5.74, 6) is 1.28. The van der Waals surface area contributed by atoms with Gasteiger partial charge >= 0.3 is 0 Å². The van der Waals surface area contributed by atoms with Crippen LogP contribution < -0.4 is 9.47 Å². The van der Waals surface area contributed by atoms with E-state index in [1.807, 2.05) is 12.1 Å². The van der Waals surface area contributed by atoms with Gasteiger partial charge in [0.1, 0.15) is 11.4 Å². The van der Waals surface area contributed by atoms with Gasteiger partial charge in [-0.3, -0.25) is 4.98 Å².